The van der Waals surface area contributed by atoms with Crippen LogP contribution in [0.25, 0.3) is 11.1 Å². The first-order chi connectivity index (χ1) is 15.7. The zero-order valence-corrected chi connectivity index (χ0v) is 19.6. The molecule has 2 N–H and O–H groups in total. The third kappa shape index (κ3) is 5.18. The fourth-order valence-electron chi connectivity index (χ4n) is 4.18. The number of carboxylic acid groups (broad SMARTS) is 1. The fourth-order valence-corrected chi connectivity index (χ4v) is 4.18. The van der Waals surface area contributed by atoms with Gasteiger partial charge in [-0.15, -0.1) is 0 Å². The van der Waals surface area contributed by atoms with Gasteiger partial charge >= 0.3 is 12.1 Å². The number of amides is 2. The average Bonchev–Trinajstić information content (AvgIpc) is 3.11. The van der Waals surface area contributed by atoms with Crippen molar-refractivity contribution < 1.29 is 24.2 Å². The topological polar surface area (TPSA) is 95.9 Å². The summed E-state index contributed by atoms with van der Waals surface area (Å²) in [4.78, 5) is 38.0. The summed E-state index contributed by atoms with van der Waals surface area (Å²) in [5, 5.41) is 12.2. The second-order valence-corrected chi connectivity index (χ2v) is 8.98. The first kappa shape index (κ1) is 24.3. The highest BCUT2D eigenvalue weighted by Crippen LogP contribution is 2.44. The molecule has 176 valence electrons. The first-order valence-corrected chi connectivity index (χ1v) is 11.3. The van der Waals surface area contributed by atoms with Crippen LogP contribution in [0.1, 0.15) is 57.1 Å². The number of fused-ring (bicyclic) bond motifs is 3. The highest BCUT2D eigenvalue weighted by molar-refractivity contribution is 5.86. The Kier molecular flexibility index (Phi) is 7.41. The third-order valence-corrected chi connectivity index (χ3v) is 6.46. The van der Waals surface area contributed by atoms with Gasteiger partial charge in [-0.3, -0.25) is 4.79 Å². The van der Waals surface area contributed by atoms with E-state index < -0.39 is 23.6 Å². The summed E-state index contributed by atoms with van der Waals surface area (Å²) in [5.41, 5.74) is 3.23. The van der Waals surface area contributed by atoms with Gasteiger partial charge < -0.3 is 20.1 Å². The Bertz CT molecular complexity index is 987. The van der Waals surface area contributed by atoms with Crippen molar-refractivity contribution >= 4 is 18.0 Å². The minimum Gasteiger partial charge on any atom is -0.480 e. The standard InChI is InChI=1S/C26H32N2O5/c1-5-10-17(15-23(29)28(4)26(2,3)24(30)31)27-25(32)33-16-22-20-13-8-6-11-18(20)19-12-7-9-14-21(19)22/h6-9,11-14,17,22H,5,10,15-16H2,1-4H3,(H,27,32)(H,30,31)/t17-/m0/s1. The lowest BCUT2D eigenvalue weighted by molar-refractivity contribution is -0.155. The van der Waals surface area contributed by atoms with E-state index in [1.54, 1.807) is 0 Å². The molecule has 1 atom stereocenters. The maximum Gasteiger partial charge on any atom is 0.407 e. The molecule has 2 amide bonds. The summed E-state index contributed by atoms with van der Waals surface area (Å²) in [7, 11) is 1.47. The van der Waals surface area contributed by atoms with Crippen molar-refractivity contribution in [2.24, 2.45) is 0 Å². The molecule has 0 unspecified atom stereocenters. The number of alkyl carbamates (subject to hydrolysis) is 1. The fraction of sp³-hybridized carbons (Fsp3) is 0.423. The number of carbonyl (C=O) groups is 3. The maximum absolute atomic E-state index is 12.7. The van der Waals surface area contributed by atoms with Crippen molar-refractivity contribution in [2.75, 3.05) is 13.7 Å². The molecule has 0 aromatic heterocycles. The normalized spacial score (nSPS) is 13.6. The molecule has 0 heterocycles. The lowest BCUT2D eigenvalue weighted by Crippen LogP contribution is -2.52. The van der Waals surface area contributed by atoms with Crippen molar-refractivity contribution in [3.63, 3.8) is 0 Å². The lowest BCUT2D eigenvalue weighted by Gasteiger charge is -2.32. The van der Waals surface area contributed by atoms with Crippen molar-refractivity contribution in [3.05, 3.63) is 59.7 Å². The molecule has 0 fully saturated rings. The molecule has 0 saturated carbocycles. The number of hydrogen-bond donors (Lipinski definition) is 2. The van der Waals surface area contributed by atoms with Crippen LogP contribution in [-0.2, 0) is 14.3 Å². The van der Waals surface area contributed by atoms with Crippen LogP contribution in [0.4, 0.5) is 4.79 Å². The predicted molar refractivity (Wildman–Crippen MR) is 126 cm³/mol. The Morgan fingerprint density at radius 3 is 2.12 bits per heavy atom. The van der Waals surface area contributed by atoms with Crippen molar-refractivity contribution in [3.8, 4) is 11.1 Å². The van der Waals surface area contributed by atoms with Crippen LogP contribution >= 0.6 is 0 Å². The van der Waals surface area contributed by atoms with E-state index in [1.165, 1.54) is 25.8 Å². The highest BCUT2D eigenvalue weighted by Gasteiger charge is 2.36. The van der Waals surface area contributed by atoms with E-state index in [4.69, 9.17) is 4.74 Å². The van der Waals surface area contributed by atoms with Crippen LogP contribution in [0.15, 0.2) is 48.5 Å². The molecule has 1 aliphatic carbocycles. The van der Waals surface area contributed by atoms with Gasteiger partial charge in [0.2, 0.25) is 5.91 Å². The summed E-state index contributed by atoms with van der Waals surface area (Å²) in [6, 6.07) is 15.8. The molecular weight excluding hydrogens is 420 g/mol. The number of hydrogen-bond acceptors (Lipinski definition) is 4. The SMILES string of the molecule is CCC[C@@H](CC(=O)N(C)C(C)(C)C(=O)O)NC(=O)OCC1c2ccccc2-c2ccccc21. The van der Waals surface area contributed by atoms with Gasteiger partial charge in [-0.1, -0.05) is 61.9 Å². The van der Waals surface area contributed by atoms with Crippen LogP contribution in [0, 0.1) is 0 Å². The monoisotopic (exact) mass is 452 g/mol. The number of rotatable bonds is 9. The van der Waals surface area contributed by atoms with Crippen LogP contribution in [0.5, 0.6) is 0 Å². The number of ether oxygens (including phenoxy) is 1. The molecule has 7 heteroatoms. The number of carboxylic acids is 1. The molecule has 33 heavy (non-hydrogen) atoms. The van der Waals surface area contributed by atoms with Gasteiger partial charge in [0.1, 0.15) is 12.1 Å². The quantitative estimate of drug-likeness (QED) is 0.588. The van der Waals surface area contributed by atoms with E-state index in [-0.39, 0.29) is 24.9 Å². The van der Waals surface area contributed by atoms with Gasteiger partial charge in [0.15, 0.2) is 0 Å². The lowest BCUT2D eigenvalue weighted by atomic mass is 9.98. The molecule has 7 nitrogen and oxygen atoms in total. The summed E-state index contributed by atoms with van der Waals surface area (Å²) in [6.45, 7) is 5.10. The second-order valence-electron chi connectivity index (χ2n) is 8.98. The van der Waals surface area contributed by atoms with Crippen molar-refractivity contribution in [1.82, 2.24) is 10.2 Å². The van der Waals surface area contributed by atoms with Crippen LogP contribution in [0.2, 0.25) is 0 Å². The van der Waals surface area contributed by atoms with E-state index in [0.29, 0.717) is 6.42 Å². The van der Waals surface area contributed by atoms with Gasteiger partial charge in [-0.05, 0) is 42.5 Å². The van der Waals surface area contributed by atoms with Gasteiger partial charge in [0.05, 0.1) is 0 Å². The minimum atomic E-state index is -1.34. The Hall–Kier alpha value is -3.35. The molecule has 1 aliphatic rings. The predicted octanol–water partition coefficient (Wildman–Crippen LogP) is 4.41. The zero-order valence-electron chi connectivity index (χ0n) is 19.6. The summed E-state index contributed by atoms with van der Waals surface area (Å²) in [5.74, 6) is -1.48. The van der Waals surface area contributed by atoms with Crippen molar-refractivity contribution in [1.29, 1.82) is 0 Å². The number of nitrogens with zero attached hydrogens (tertiary/aromatic N) is 1. The van der Waals surface area contributed by atoms with Crippen LogP contribution < -0.4 is 5.32 Å². The number of aliphatic carboxylic acids is 1. The molecule has 0 aliphatic heterocycles. The van der Waals surface area contributed by atoms with Gasteiger partial charge in [-0.25, -0.2) is 9.59 Å². The van der Waals surface area contributed by atoms with Gasteiger partial charge in [0, 0.05) is 25.4 Å². The molecule has 2 aromatic carbocycles. The van der Waals surface area contributed by atoms with E-state index >= 15 is 0 Å². The third-order valence-electron chi connectivity index (χ3n) is 6.46. The van der Waals surface area contributed by atoms with Crippen LogP contribution in [-0.4, -0.2) is 53.2 Å². The zero-order chi connectivity index (χ0) is 24.2. The van der Waals surface area contributed by atoms with E-state index in [0.717, 1.165) is 28.7 Å². The number of nitrogens with one attached hydrogen (secondary N) is 1. The molecule has 2 aromatic rings. The first-order valence-electron chi connectivity index (χ1n) is 11.3. The Balaban J connectivity index is 1.63. The van der Waals surface area contributed by atoms with E-state index in [1.807, 2.05) is 31.2 Å². The maximum atomic E-state index is 12.7. The second kappa shape index (κ2) is 10.1. The average molecular weight is 453 g/mol. The summed E-state index contributed by atoms with van der Waals surface area (Å²) in [6.07, 6.45) is 0.763. The molecule has 0 saturated heterocycles. The van der Waals surface area contributed by atoms with E-state index in [9.17, 15) is 19.5 Å². The van der Waals surface area contributed by atoms with Crippen LogP contribution in [0.3, 0.4) is 0 Å². The number of likely N-dealkylation sites (N-methyl/N-ethyl adjacent to an activating group) is 1. The van der Waals surface area contributed by atoms with E-state index in [2.05, 4.69) is 29.6 Å². The Labute approximate surface area is 194 Å². The number of benzene rings is 2. The minimum absolute atomic E-state index is 0.00520. The molecular formula is C26H32N2O5. The number of carbonyl (C=O) groups excluding carboxylic acids is 2. The Morgan fingerprint density at radius 1 is 1.06 bits per heavy atom. The Morgan fingerprint density at radius 2 is 1.61 bits per heavy atom. The smallest absolute Gasteiger partial charge is 0.407 e. The molecule has 3 rings (SSSR count). The molecule has 0 radical (unpaired) electrons. The van der Waals surface area contributed by atoms with Gasteiger partial charge in [0.25, 0.3) is 0 Å². The largest absolute Gasteiger partial charge is 0.480 e. The summed E-state index contributed by atoms with van der Waals surface area (Å²) >= 11 is 0. The molecule has 0 spiro atoms. The molecule has 0 bridgehead atoms. The summed E-state index contributed by atoms with van der Waals surface area (Å²) < 4.78 is 5.59. The van der Waals surface area contributed by atoms with Crippen molar-refractivity contribution in [2.45, 2.75) is 57.5 Å². The highest BCUT2D eigenvalue weighted by atomic mass is 16.5. The van der Waals surface area contributed by atoms with Gasteiger partial charge in [-0.2, -0.15) is 0 Å².